The summed E-state index contributed by atoms with van der Waals surface area (Å²) < 4.78 is 44.9. The molecule has 248 valence electrons. The Morgan fingerprint density at radius 2 is 1.68 bits per heavy atom. The van der Waals surface area contributed by atoms with E-state index in [0.717, 1.165) is 10.7 Å². The van der Waals surface area contributed by atoms with Gasteiger partial charge in [-0.2, -0.15) is 5.10 Å². The number of amides is 3. The van der Waals surface area contributed by atoms with Crippen LogP contribution in [0.15, 0.2) is 65.7 Å². The Labute approximate surface area is 277 Å². The molecule has 2 aromatic heterocycles. The van der Waals surface area contributed by atoms with E-state index in [1.54, 1.807) is 31.2 Å². The van der Waals surface area contributed by atoms with Gasteiger partial charge in [-0.3, -0.25) is 14.6 Å². The van der Waals surface area contributed by atoms with Crippen molar-refractivity contribution in [2.75, 3.05) is 37.8 Å². The molecule has 0 saturated carbocycles. The molecule has 4 rings (SSSR count). The minimum atomic E-state index is -4.98. The summed E-state index contributed by atoms with van der Waals surface area (Å²) in [7, 11) is 3.77. The predicted octanol–water partition coefficient (Wildman–Crippen LogP) is 6.52. The maximum absolute atomic E-state index is 13.2. The van der Waals surface area contributed by atoms with Gasteiger partial charge in [0.05, 0.1) is 21.4 Å². The fourth-order valence-electron chi connectivity index (χ4n) is 4.43. The number of anilines is 2. The zero-order chi connectivity index (χ0) is 34.3. The van der Waals surface area contributed by atoms with Gasteiger partial charge in [0.2, 0.25) is 0 Å². The van der Waals surface area contributed by atoms with Gasteiger partial charge in [-0.25, -0.2) is 9.48 Å². The van der Waals surface area contributed by atoms with Crippen molar-refractivity contribution in [1.82, 2.24) is 25.0 Å². The first kappa shape index (κ1) is 35.2. The molecule has 3 N–H and O–H groups in total. The van der Waals surface area contributed by atoms with Gasteiger partial charge in [0.15, 0.2) is 0 Å². The van der Waals surface area contributed by atoms with Gasteiger partial charge >= 0.3 is 12.4 Å². The van der Waals surface area contributed by atoms with Crippen LogP contribution in [-0.2, 0) is 6.54 Å². The van der Waals surface area contributed by atoms with Crippen LogP contribution < -0.4 is 26.2 Å². The molecule has 0 aliphatic carbocycles. The molecule has 0 spiro atoms. The molecule has 47 heavy (non-hydrogen) atoms. The van der Waals surface area contributed by atoms with E-state index in [-0.39, 0.29) is 44.8 Å². The molecule has 0 bridgehead atoms. The normalized spacial score (nSPS) is 11.3. The molecule has 11 nitrogen and oxygen atoms in total. The number of halogens is 5. The van der Waals surface area contributed by atoms with Crippen molar-refractivity contribution in [1.29, 1.82) is 0 Å². The summed E-state index contributed by atoms with van der Waals surface area (Å²) in [6.45, 7) is 2.88. The lowest BCUT2D eigenvalue weighted by atomic mass is 9.99. The fourth-order valence-corrected chi connectivity index (χ4v) is 4.89. The maximum atomic E-state index is 13.2. The van der Waals surface area contributed by atoms with Crippen LogP contribution in [0.3, 0.4) is 0 Å². The van der Waals surface area contributed by atoms with Gasteiger partial charge in [-0.15, -0.1) is 13.2 Å². The zero-order valence-electron chi connectivity index (χ0n) is 25.4. The molecule has 0 saturated heterocycles. The van der Waals surface area contributed by atoms with E-state index in [0.29, 0.717) is 30.6 Å². The van der Waals surface area contributed by atoms with Crippen LogP contribution in [-0.4, -0.2) is 65.1 Å². The molecule has 16 heteroatoms. The highest BCUT2D eigenvalue weighted by atomic mass is 35.5. The maximum Gasteiger partial charge on any atom is 0.573 e. The molecule has 0 fully saturated rings. The fraction of sp³-hybridized carbons (Fsp3) is 0.258. The minimum absolute atomic E-state index is 0.0263. The highest BCUT2D eigenvalue weighted by Gasteiger charge is 2.31. The number of nitrogens with zero attached hydrogens (tertiary/aromatic N) is 4. The first-order chi connectivity index (χ1) is 22.2. The second-order valence-electron chi connectivity index (χ2n) is 10.4. The molecule has 0 atom stereocenters. The molecular formula is C31H30Cl2F3N7O4. The number of carbonyl (C=O) groups is 2. The average Bonchev–Trinajstić information content (AvgIpc) is 3.01. The summed E-state index contributed by atoms with van der Waals surface area (Å²) in [5.74, 6) is -1.13. The number of nitrogens with one attached hydrogen (secondary N) is 3. The smallest absolute Gasteiger partial charge is 0.406 e. The summed E-state index contributed by atoms with van der Waals surface area (Å²) in [5, 5.41) is 12.2. The first-order valence-electron chi connectivity index (χ1n) is 14.2. The second kappa shape index (κ2) is 15.3. The lowest BCUT2D eigenvalue weighted by Gasteiger charge is -2.15. The number of alkyl halides is 3. The second-order valence-corrected chi connectivity index (χ2v) is 11.2. The monoisotopic (exact) mass is 691 g/mol. The number of benzene rings is 2. The van der Waals surface area contributed by atoms with E-state index in [4.69, 9.17) is 23.2 Å². The van der Waals surface area contributed by atoms with Crippen LogP contribution in [0.1, 0.15) is 23.7 Å². The molecule has 0 aliphatic rings. The van der Waals surface area contributed by atoms with E-state index in [9.17, 15) is 27.6 Å². The number of aryl methyl sites for hydroxylation is 1. The van der Waals surface area contributed by atoms with E-state index in [1.807, 2.05) is 19.0 Å². The quantitative estimate of drug-likeness (QED) is 0.153. The molecule has 0 radical (unpaired) electrons. The molecule has 2 aromatic carbocycles. The van der Waals surface area contributed by atoms with Gasteiger partial charge in [-0.05, 0) is 75.4 Å². The summed E-state index contributed by atoms with van der Waals surface area (Å²) in [4.78, 5) is 44.5. The van der Waals surface area contributed by atoms with Crippen LogP contribution in [0.4, 0.5) is 29.3 Å². The summed E-state index contributed by atoms with van der Waals surface area (Å²) in [6.07, 6.45) is -1.76. The highest BCUT2D eigenvalue weighted by molar-refractivity contribution is 6.39. The Balaban J connectivity index is 1.67. The molecule has 2 heterocycles. The number of hydrogen-bond acceptors (Lipinski definition) is 7. The summed E-state index contributed by atoms with van der Waals surface area (Å²) >= 11 is 12.2. The number of aromatic nitrogens is 3. The van der Waals surface area contributed by atoms with Crippen LogP contribution in [0, 0.1) is 0 Å². The number of rotatable bonds is 11. The van der Waals surface area contributed by atoms with E-state index in [2.05, 4.69) is 30.8 Å². The standard InChI is InChI=1S/C31H30Cl2F3N7O4/c1-4-43-29(45)26(39-30(46)40-27-23(32)16-37-17-24(27)33)15-25(41-43)19-8-5-7-18(11-19)20-12-21(14-22(13-20)47-31(34,35)36)28(44)38-9-6-10-42(2)3/h5,7-8,11-17H,4,6,9-10H2,1-3H3,(H,38,44)(H2,37,39,40,46). The molecule has 0 aliphatic heterocycles. The Bertz CT molecular complexity index is 1810. The van der Waals surface area contributed by atoms with E-state index in [1.165, 1.54) is 30.6 Å². The third-order valence-electron chi connectivity index (χ3n) is 6.58. The Kier molecular flexibility index (Phi) is 11.4. The van der Waals surface area contributed by atoms with Crippen LogP contribution >= 0.6 is 23.2 Å². The highest BCUT2D eigenvalue weighted by Crippen LogP contribution is 2.32. The molecule has 0 unspecified atom stereocenters. The molecule has 3 amide bonds. The van der Waals surface area contributed by atoms with Crippen molar-refractivity contribution >= 4 is 46.5 Å². The van der Waals surface area contributed by atoms with Crippen LogP contribution in [0.5, 0.6) is 5.75 Å². The SMILES string of the molecule is CCn1nc(-c2cccc(-c3cc(OC(F)(F)F)cc(C(=O)NCCCN(C)C)c3)c2)cc(NC(=O)Nc2c(Cl)cncc2Cl)c1=O. The number of carbonyl (C=O) groups excluding carboxylic acids is 2. The number of pyridine rings is 1. The number of hydrogen-bond donors (Lipinski definition) is 3. The van der Waals surface area contributed by atoms with Gasteiger partial charge in [-0.1, -0.05) is 41.4 Å². The summed E-state index contributed by atoms with van der Waals surface area (Å²) in [6, 6.07) is 10.8. The van der Waals surface area contributed by atoms with Crippen molar-refractivity contribution in [2.45, 2.75) is 26.3 Å². The van der Waals surface area contributed by atoms with Gasteiger partial charge in [0.1, 0.15) is 11.4 Å². The van der Waals surface area contributed by atoms with E-state index < -0.39 is 29.6 Å². The Morgan fingerprint density at radius 3 is 2.34 bits per heavy atom. The number of urea groups is 1. The van der Waals surface area contributed by atoms with Gasteiger partial charge in [0, 0.05) is 36.6 Å². The van der Waals surface area contributed by atoms with Crippen LogP contribution in [0.2, 0.25) is 10.0 Å². The lowest BCUT2D eigenvalue weighted by Crippen LogP contribution is -2.29. The average molecular weight is 693 g/mol. The third-order valence-corrected chi connectivity index (χ3v) is 7.15. The Morgan fingerprint density at radius 1 is 0.979 bits per heavy atom. The lowest BCUT2D eigenvalue weighted by molar-refractivity contribution is -0.274. The van der Waals surface area contributed by atoms with Gasteiger partial charge < -0.3 is 25.6 Å². The molecular weight excluding hydrogens is 662 g/mol. The van der Waals surface area contributed by atoms with Crippen molar-refractivity contribution < 1.29 is 27.5 Å². The zero-order valence-corrected chi connectivity index (χ0v) is 26.9. The predicted molar refractivity (Wildman–Crippen MR) is 174 cm³/mol. The summed E-state index contributed by atoms with van der Waals surface area (Å²) in [5.41, 5.74) is 0.790. The topological polar surface area (TPSA) is 130 Å². The largest absolute Gasteiger partial charge is 0.573 e. The molecule has 4 aromatic rings. The van der Waals surface area contributed by atoms with Gasteiger partial charge in [0.25, 0.3) is 11.5 Å². The van der Waals surface area contributed by atoms with Crippen molar-refractivity contribution in [2.24, 2.45) is 0 Å². The first-order valence-corrected chi connectivity index (χ1v) is 14.9. The minimum Gasteiger partial charge on any atom is -0.406 e. The number of ether oxygens (including phenoxy) is 1. The Hall–Kier alpha value is -4.66. The van der Waals surface area contributed by atoms with Crippen molar-refractivity contribution in [3.05, 3.63) is 86.9 Å². The third kappa shape index (κ3) is 9.67. The van der Waals surface area contributed by atoms with Crippen LogP contribution in [0.25, 0.3) is 22.4 Å². The van der Waals surface area contributed by atoms with E-state index >= 15 is 0 Å². The van der Waals surface area contributed by atoms with Crippen molar-refractivity contribution in [3.63, 3.8) is 0 Å². The van der Waals surface area contributed by atoms with Crippen molar-refractivity contribution in [3.8, 4) is 28.1 Å².